The van der Waals surface area contributed by atoms with Crippen LogP contribution in [-0.4, -0.2) is 52.6 Å². The molecule has 2 heterocycles. The molecule has 2 fully saturated rings. The number of nitrogens with zero attached hydrogens (tertiary/aromatic N) is 4. The van der Waals surface area contributed by atoms with E-state index in [1.807, 2.05) is 6.07 Å². The molecule has 2 aliphatic rings. The van der Waals surface area contributed by atoms with Crippen LogP contribution in [0.15, 0.2) is 18.3 Å². The lowest BCUT2D eigenvalue weighted by molar-refractivity contribution is -0.129. The van der Waals surface area contributed by atoms with Gasteiger partial charge in [0.05, 0.1) is 25.1 Å². The fourth-order valence-corrected chi connectivity index (χ4v) is 4.48. The van der Waals surface area contributed by atoms with Gasteiger partial charge in [-0.1, -0.05) is 6.07 Å². The molecule has 0 radical (unpaired) electrons. The van der Waals surface area contributed by atoms with Crippen LogP contribution in [0.3, 0.4) is 0 Å². The quantitative estimate of drug-likeness (QED) is 0.747. The third-order valence-corrected chi connectivity index (χ3v) is 5.90. The van der Waals surface area contributed by atoms with E-state index in [9.17, 15) is 4.79 Å². The van der Waals surface area contributed by atoms with Crippen LogP contribution >= 0.6 is 11.8 Å². The Hall–Kier alpha value is -2.29. The van der Waals surface area contributed by atoms with Gasteiger partial charge < -0.3 is 15.5 Å². The first kappa shape index (κ1) is 18.5. The van der Waals surface area contributed by atoms with E-state index in [1.54, 1.807) is 28.9 Å². The zero-order chi connectivity index (χ0) is 18.4. The van der Waals surface area contributed by atoms with E-state index in [4.69, 9.17) is 11.8 Å². The third kappa shape index (κ3) is 4.66. The smallest absolute Gasteiger partial charge is 0.238 e. The lowest BCUT2D eigenvalue weighted by atomic mass is 10.1. The van der Waals surface area contributed by atoms with Crippen LogP contribution in [0.2, 0.25) is 0 Å². The van der Waals surface area contributed by atoms with Gasteiger partial charge in [-0.05, 0) is 31.2 Å². The van der Waals surface area contributed by atoms with Gasteiger partial charge >= 0.3 is 0 Å². The Morgan fingerprint density at radius 2 is 2.38 bits per heavy atom. The average Bonchev–Trinajstić information content (AvgIpc) is 3.34. The van der Waals surface area contributed by atoms with Crippen molar-refractivity contribution in [2.75, 3.05) is 30.0 Å². The van der Waals surface area contributed by atoms with Gasteiger partial charge in [-0.15, -0.1) is 11.8 Å². The van der Waals surface area contributed by atoms with Crippen molar-refractivity contribution in [2.24, 2.45) is 5.92 Å². The maximum absolute atomic E-state index is 12.3. The molecule has 26 heavy (non-hydrogen) atoms. The second-order valence-electron chi connectivity index (χ2n) is 6.66. The SMILES string of the molecule is [C-]#[N+]c1ccc(NC[C@@H]2CC[C@@H](NCC(=O)N3CSC[C@H]3C#N)C2)nc1. The van der Waals surface area contributed by atoms with E-state index in [0.717, 1.165) is 31.6 Å². The average molecular weight is 370 g/mol. The minimum Gasteiger partial charge on any atom is -0.370 e. The summed E-state index contributed by atoms with van der Waals surface area (Å²) in [5, 5.41) is 15.8. The molecule has 1 aliphatic heterocycles. The maximum atomic E-state index is 12.3. The minimum atomic E-state index is -0.281. The molecule has 1 aliphatic carbocycles. The van der Waals surface area contributed by atoms with Gasteiger partial charge in [0.25, 0.3) is 0 Å². The molecule has 1 saturated carbocycles. The number of pyridine rings is 1. The number of amides is 1. The van der Waals surface area contributed by atoms with Crippen molar-refractivity contribution in [3.05, 3.63) is 29.7 Å². The molecule has 0 aromatic carbocycles. The van der Waals surface area contributed by atoms with Crippen molar-refractivity contribution >= 4 is 29.2 Å². The number of carbonyl (C=O) groups excluding carboxylic acids is 1. The second kappa shape index (κ2) is 8.88. The normalized spacial score (nSPS) is 24.8. The van der Waals surface area contributed by atoms with Crippen molar-refractivity contribution < 1.29 is 4.79 Å². The molecular weight excluding hydrogens is 348 g/mol. The number of nitriles is 1. The summed E-state index contributed by atoms with van der Waals surface area (Å²) in [6, 6.07) is 5.85. The van der Waals surface area contributed by atoms with Crippen molar-refractivity contribution in [2.45, 2.75) is 31.3 Å². The summed E-state index contributed by atoms with van der Waals surface area (Å²) < 4.78 is 0. The molecule has 3 atom stereocenters. The van der Waals surface area contributed by atoms with Crippen molar-refractivity contribution in [3.8, 4) is 6.07 Å². The standard InChI is InChI=1S/C18H22N6OS/c1-20-15-4-5-17(23-9-15)22-8-13-2-3-14(6-13)21-10-18(25)24-12-26-11-16(24)7-19/h4-5,9,13-14,16,21H,2-3,6,8,10-12H2,(H,22,23)/t13-,14-,16-/m1/s1. The van der Waals surface area contributed by atoms with E-state index in [2.05, 4.69) is 26.5 Å². The zero-order valence-corrected chi connectivity index (χ0v) is 15.3. The number of hydrogen-bond donors (Lipinski definition) is 2. The molecule has 0 bridgehead atoms. The van der Waals surface area contributed by atoms with Crippen molar-refractivity contribution in [1.82, 2.24) is 15.2 Å². The molecule has 1 aromatic rings. The van der Waals surface area contributed by atoms with Gasteiger partial charge in [0.15, 0.2) is 0 Å². The number of carbonyl (C=O) groups is 1. The highest BCUT2D eigenvalue weighted by atomic mass is 32.2. The summed E-state index contributed by atoms with van der Waals surface area (Å²) in [6.07, 6.45) is 4.77. The number of anilines is 1. The molecule has 0 unspecified atom stereocenters. The highest BCUT2D eigenvalue weighted by Crippen LogP contribution is 2.26. The van der Waals surface area contributed by atoms with Gasteiger partial charge in [-0.2, -0.15) is 5.26 Å². The van der Waals surface area contributed by atoms with Crippen molar-refractivity contribution in [1.29, 1.82) is 5.26 Å². The Balaban J connectivity index is 1.38. The lowest BCUT2D eigenvalue weighted by Gasteiger charge is -2.20. The van der Waals surface area contributed by atoms with Crippen LogP contribution in [0.5, 0.6) is 0 Å². The van der Waals surface area contributed by atoms with Crippen LogP contribution in [0, 0.1) is 23.8 Å². The number of aromatic nitrogens is 1. The van der Waals surface area contributed by atoms with Gasteiger partial charge in [0.1, 0.15) is 11.9 Å². The van der Waals surface area contributed by atoms with E-state index >= 15 is 0 Å². The molecule has 3 rings (SSSR count). The summed E-state index contributed by atoms with van der Waals surface area (Å²) >= 11 is 1.63. The highest BCUT2D eigenvalue weighted by molar-refractivity contribution is 7.99. The third-order valence-electron chi connectivity index (χ3n) is 4.88. The Bertz CT molecular complexity index is 710. The van der Waals surface area contributed by atoms with Crippen LogP contribution in [0.4, 0.5) is 11.5 Å². The fourth-order valence-electron chi connectivity index (χ4n) is 3.38. The second-order valence-corrected chi connectivity index (χ2v) is 7.66. The summed E-state index contributed by atoms with van der Waals surface area (Å²) in [7, 11) is 0. The lowest BCUT2D eigenvalue weighted by Crippen LogP contribution is -2.43. The van der Waals surface area contributed by atoms with Crippen LogP contribution < -0.4 is 10.6 Å². The topological polar surface area (TPSA) is 85.4 Å². The Morgan fingerprint density at radius 1 is 1.50 bits per heavy atom. The van der Waals surface area contributed by atoms with Crippen LogP contribution in [-0.2, 0) is 4.79 Å². The summed E-state index contributed by atoms with van der Waals surface area (Å²) in [6.45, 7) is 8.09. The highest BCUT2D eigenvalue weighted by Gasteiger charge is 2.30. The Labute approximate surface area is 158 Å². The maximum Gasteiger partial charge on any atom is 0.238 e. The molecule has 8 heteroatoms. The number of nitrogens with one attached hydrogen (secondary N) is 2. The molecular formula is C18H22N6OS. The number of thioether (sulfide) groups is 1. The summed E-state index contributed by atoms with van der Waals surface area (Å²) in [5.74, 6) is 2.68. The van der Waals surface area contributed by atoms with Gasteiger partial charge in [0.2, 0.25) is 11.6 Å². The molecule has 1 aromatic heterocycles. The first-order valence-electron chi connectivity index (χ1n) is 8.77. The number of hydrogen-bond acceptors (Lipinski definition) is 6. The molecule has 7 nitrogen and oxygen atoms in total. The Kier molecular flexibility index (Phi) is 6.32. The summed E-state index contributed by atoms with van der Waals surface area (Å²) in [5.41, 5.74) is 0.542. The first-order chi connectivity index (χ1) is 12.7. The van der Waals surface area contributed by atoms with Gasteiger partial charge in [-0.25, -0.2) is 4.85 Å². The van der Waals surface area contributed by atoms with Crippen molar-refractivity contribution in [3.63, 3.8) is 0 Å². The largest absolute Gasteiger partial charge is 0.370 e. The zero-order valence-electron chi connectivity index (χ0n) is 14.5. The van der Waals surface area contributed by atoms with E-state index < -0.39 is 0 Å². The van der Waals surface area contributed by atoms with Crippen LogP contribution in [0.1, 0.15) is 19.3 Å². The van der Waals surface area contributed by atoms with Gasteiger partial charge in [-0.3, -0.25) is 9.78 Å². The predicted octanol–water partition coefficient (Wildman–Crippen LogP) is 2.23. The minimum absolute atomic E-state index is 0.0206. The Morgan fingerprint density at radius 3 is 3.12 bits per heavy atom. The molecule has 1 saturated heterocycles. The molecule has 1 amide bonds. The fraction of sp³-hybridized carbons (Fsp3) is 0.556. The molecule has 136 valence electrons. The predicted molar refractivity (Wildman–Crippen MR) is 102 cm³/mol. The van der Waals surface area contributed by atoms with E-state index in [1.165, 1.54) is 0 Å². The number of rotatable bonds is 6. The summed E-state index contributed by atoms with van der Waals surface area (Å²) in [4.78, 5) is 21.5. The monoisotopic (exact) mass is 370 g/mol. The molecule has 0 spiro atoms. The van der Waals surface area contributed by atoms with Gasteiger partial charge in [0, 0.05) is 24.5 Å². The van der Waals surface area contributed by atoms with E-state index in [-0.39, 0.29) is 11.9 Å². The first-order valence-corrected chi connectivity index (χ1v) is 9.92. The van der Waals surface area contributed by atoms with E-state index in [0.29, 0.717) is 35.8 Å². The van der Waals surface area contributed by atoms with Crippen LogP contribution in [0.25, 0.3) is 4.85 Å². The molecule has 2 N–H and O–H groups in total.